The standard InChI is InChI=1S/C16H22N4O/c1-12-6-7-14(11-15(12)19(3)4)18-16(21)10-13(2)20-9-5-8-17-20/h5-9,11,13H,10H2,1-4H3,(H,18,21)/t13-/m0/s1. The Bertz CT molecular complexity index is 605. The lowest BCUT2D eigenvalue weighted by Gasteiger charge is -2.17. The van der Waals surface area contributed by atoms with Gasteiger partial charge in [0.15, 0.2) is 0 Å². The molecule has 1 aromatic carbocycles. The Morgan fingerprint density at radius 3 is 2.81 bits per heavy atom. The molecule has 0 saturated heterocycles. The number of nitrogens with one attached hydrogen (secondary N) is 1. The van der Waals surface area contributed by atoms with Gasteiger partial charge in [-0.05, 0) is 37.6 Å². The molecule has 1 amide bonds. The van der Waals surface area contributed by atoms with Gasteiger partial charge in [-0.1, -0.05) is 6.07 Å². The highest BCUT2D eigenvalue weighted by Gasteiger charge is 2.12. The Morgan fingerprint density at radius 2 is 2.19 bits per heavy atom. The van der Waals surface area contributed by atoms with Gasteiger partial charge in [-0.15, -0.1) is 0 Å². The van der Waals surface area contributed by atoms with Crippen molar-refractivity contribution in [1.82, 2.24) is 9.78 Å². The van der Waals surface area contributed by atoms with Crippen LogP contribution in [-0.4, -0.2) is 29.8 Å². The summed E-state index contributed by atoms with van der Waals surface area (Å²) in [4.78, 5) is 14.2. The summed E-state index contributed by atoms with van der Waals surface area (Å²) in [5, 5.41) is 7.11. The number of rotatable bonds is 5. The number of aromatic nitrogens is 2. The average molecular weight is 286 g/mol. The van der Waals surface area contributed by atoms with E-state index in [-0.39, 0.29) is 11.9 Å². The van der Waals surface area contributed by atoms with Gasteiger partial charge in [-0.3, -0.25) is 9.48 Å². The van der Waals surface area contributed by atoms with Crippen molar-refractivity contribution in [1.29, 1.82) is 0 Å². The van der Waals surface area contributed by atoms with Crippen LogP contribution in [0.4, 0.5) is 11.4 Å². The molecule has 0 aliphatic heterocycles. The van der Waals surface area contributed by atoms with E-state index in [2.05, 4.69) is 17.3 Å². The van der Waals surface area contributed by atoms with E-state index < -0.39 is 0 Å². The summed E-state index contributed by atoms with van der Waals surface area (Å²) in [7, 11) is 3.99. The molecule has 2 aromatic rings. The Balaban J connectivity index is 2.01. The fourth-order valence-corrected chi connectivity index (χ4v) is 2.28. The Hall–Kier alpha value is -2.30. The van der Waals surface area contributed by atoms with Gasteiger partial charge in [0.05, 0.1) is 6.04 Å². The van der Waals surface area contributed by atoms with Gasteiger partial charge in [0.2, 0.25) is 5.91 Å². The number of hydrogen-bond donors (Lipinski definition) is 1. The molecule has 112 valence electrons. The smallest absolute Gasteiger partial charge is 0.226 e. The predicted octanol–water partition coefficient (Wildman–Crippen LogP) is 2.85. The summed E-state index contributed by atoms with van der Waals surface area (Å²) in [6.07, 6.45) is 3.98. The van der Waals surface area contributed by atoms with Crippen molar-refractivity contribution in [2.75, 3.05) is 24.3 Å². The topological polar surface area (TPSA) is 50.2 Å². The Kier molecular flexibility index (Phi) is 4.62. The number of aryl methyl sites for hydroxylation is 1. The van der Waals surface area contributed by atoms with Crippen LogP contribution >= 0.6 is 0 Å². The Morgan fingerprint density at radius 1 is 1.43 bits per heavy atom. The molecule has 1 N–H and O–H groups in total. The van der Waals surface area contributed by atoms with Crippen LogP contribution in [0.3, 0.4) is 0 Å². The van der Waals surface area contributed by atoms with Gasteiger partial charge in [0, 0.05) is 44.3 Å². The average Bonchev–Trinajstić information content (AvgIpc) is 2.94. The lowest BCUT2D eigenvalue weighted by atomic mass is 10.1. The van der Waals surface area contributed by atoms with Crippen molar-refractivity contribution in [2.45, 2.75) is 26.3 Å². The van der Waals surface area contributed by atoms with Gasteiger partial charge in [-0.25, -0.2) is 0 Å². The van der Waals surface area contributed by atoms with Crippen LogP contribution < -0.4 is 10.2 Å². The minimum absolute atomic E-state index is 0.00782. The third kappa shape index (κ3) is 3.84. The summed E-state index contributed by atoms with van der Waals surface area (Å²) in [5.41, 5.74) is 3.11. The first-order valence-corrected chi connectivity index (χ1v) is 7.04. The lowest BCUT2D eigenvalue weighted by Crippen LogP contribution is -2.18. The van der Waals surface area contributed by atoms with E-state index in [1.807, 2.05) is 56.4 Å². The summed E-state index contributed by atoms with van der Waals surface area (Å²) < 4.78 is 1.79. The van der Waals surface area contributed by atoms with E-state index in [4.69, 9.17) is 0 Å². The number of carbonyl (C=O) groups is 1. The molecule has 0 aliphatic rings. The van der Waals surface area contributed by atoms with Crippen LogP contribution in [-0.2, 0) is 4.79 Å². The molecule has 1 aromatic heterocycles. The summed E-state index contributed by atoms with van der Waals surface area (Å²) in [6, 6.07) is 7.84. The zero-order valence-corrected chi connectivity index (χ0v) is 13.0. The number of amides is 1. The third-order valence-electron chi connectivity index (χ3n) is 3.43. The minimum atomic E-state index is -0.00782. The van der Waals surface area contributed by atoms with E-state index in [9.17, 15) is 4.79 Å². The van der Waals surface area contributed by atoms with Gasteiger partial charge in [0.25, 0.3) is 0 Å². The molecule has 21 heavy (non-hydrogen) atoms. The molecule has 0 unspecified atom stereocenters. The third-order valence-corrected chi connectivity index (χ3v) is 3.43. The van der Waals surface area contributed by atoms with Crippen molar-refractivity contribution in [3.05, 3.63) is 42.2 Å². The summed E-state index contributed by atoms with van der Waals surface area (Å²) >= 11 is 0. The first-order chi connectivity index (χ1) is 9.97. The maximum atomic E-state index is 12.1. The van der Waals surface area contributed by atoms with Gasteiger partial charge < -0.3 is 10.2 Å². The van der Waals surface area contributed by atoms with Crippen molar-refractivity contribution >= 4 is 17.3 Å². The van der Waals surface area contributed by atoms with Crippen LogP contribution in [0, 0.1) is 6.92 Å². The fourth-order valence-electron chi connectivity index (χ4n) is 2.28. The molecule has 0 spiro atoms. The molecule has 5 nitrogen and oxygen atoms in total. The molecule has 0 aliphatic carbocycles. The van der Waals surface area contributed by atoms with Gasteiger partial charge in [0.1, 0.15) is 0 Å². The fraction of sp³-hybridized carbons (Fsp3) is 0.375. The van der Waals surface area contributed by atoms with Gasteiger partial charge >= 0.3 is 0 Å². The number of hydrogen-bond acceptors (Lipinski definition) is 3. The number of nitrogens with zero attached hydrogens (tertiary/aromatic N) is 3. The molecule has 0 bridgehead atoms. The van der Waals surface area contributed by atoms with Crippen LogP contribution in [0.2, 0.25) is 0 Å². The molecule has 5 heteroatoms. The number of anilines is 2. The predicted molar refractivity (Wildman–Crippen MR) is 85.7 cm³/mol. The molecule has 2 rings (SSSR count). The first kappa shape index (κ1) is 15.1. The summed E-state index contributed by atoms with van der Waals surface area (Å²) in [5.74, 6) is -0.00782. The molecular formula is C16H22N4O. The van der Waals surface area contributed by atoms with Crippen molar-refractivity contribution in [2.24, 2.45) is 0 Å². The van der Waals surface area contributed by atoms with Crippen LogP contribution in [0.1, 0.15) is 24.9 Å². The van der Waals surface area contributed by atoms with Gasteiger partial charge in [-0.2, -0.15) is 5.10 Å². The van der Waals surface area contributed by atoms with E-state index in [1.165, 1.54) is 5.56 Å². The number of carbonyl (C=O) groups excluding carboxylic acids is 1. The van der Waals surface area contributed by atoms with Crippen molar-refractivity contribution in [3.8, 4) is 0 Å². The second-order valence-corrected chi connectivity index (χ2v) is 5.48. The van der Waals surface area contributed by atoms with E-state index in [0.29, 0.717) is 6.42 Å². The van der Waals surface area contributed by atoms with Crippen LogP contribution in [0.15, 0.2) is 36.7 Å². The molecule has 0 saturated carbocycles. The molecular weight excluding hydrogens is 264 g/mol. The van der Waals surface area contributed by atoms with Crippen LogP contribution in [0.5, 0.6) is 0 Å². The molecule has 0 radical (unpaired) electrons. The lowest BCUT2D eigenvalue weighted by molar-refractivity contribution is -0.116. The largest absolute Gasteiger partial charge is 0.377 e. The maximum absolute atomic E-state index is 12.1. The zero-order chi connectivity index (χ0) is 15.4. The van der Waals surface area contributed by atoms with E-state index in [1.54, 1.807) is 10.9 Å². The highest BCUT2D eigenvalue weighted by molar-refractivity contribution is 5.91. The highest BCUT2D eigenvalue weighted by atomic mass is 16.1. The normalized spacial score (nSPS) is 12.0. The quantitative estimate of drug-likeness (QED) is 0.919. The maximum Gasteiger partial charge on any atom is 0.226 e. The Labute approximate surface area is 125 Å². The second-order valence-electron chi connectivity index (χ2n) is 5.48. The van der Waals surface area contributed by atoms with Crippen molar-refractivity contribution in [3.63, 3.8) is 0 Å². The zero-order valence-electron chi connectivity index (χ0n) is 13.0. The number of benzene rings is 1. The first-order valence-electron chi connectivity index (χ1n) is 7.04. The second kappa shape index (κ2) is 6.43. The summed E-state index contributed by atoms with van der Waals surface area (Å²) in [6.45, 7) is 4.04. The highest BCUT2D eigenvalue weighted by Crippen LogP contribution is 2.23. The monoisotopic (exact) mass is 286 g/mol. The molecule has 0 fully saturated rings. The van der Waals surface area contributed by atoms with E-state index >= 15 is 0 Å². The SMILES string of the molecule is Cc1ccc(NC(=O)C[C@H](C)n2cccn2)cc1N(C)C. The minimum Gasteiger partial charge on any atom is -0.377 e. The molecule has 1 atom stereocenters. The van der Waals surface area contributed by atoms with E-state index in [0.717, 1.165) is 11.4 Å². The van der Waals surface area contributed by atoms with Crippen molar-refractivity contribution < 1.29 is 4.79 Å². The van der Waals surface area contributed by atoms with Crippen LogP contribution in [0.25, 0.3) is 0 Å². The molecule has 1 heterocycles.